The molecule has 228 valence electrons. The average molecular weight is 621 g/mol. The van der Waals surface area contributed by atoms with Crippen molar-refractivity contribution in [2.24, 2.45) is 0 Å². The van der Waals surface area contributed by atoms with Gasteiger partial charge in [-0.05, 0) is 56.3 Å². The highest BCUT2D eigenvalue weighted by Gasteiger charge is 2.22. The first-order chi connectivity index (χ1) is 21.2. The molecule has 1 saturated heterocycles. The van der Waals surface area contributed by atoms with Crippen LogP contribution >= 0.6 is 11.8 Å². The molecule has 2 aliphatic heterocycles. The molecule has 0 saturated carbocycles. The molecule has 5 rings (SSSR count). The Bertz CT molecular complexity index is 1800. The van der Waals surface area contributed by atoms with Crippen LogP contribution in [0.3, 0.4) is 0 Å². The summed E-state index contributed by atoms with van der Waals surface area (Å²) in [6, 6.07) is 8.15. The zero-order chi connectivity index (χ0) is 31.4. The molecule has 0 bridgehead atoms. The number of anilines is 1. The van der Waals surface area contributed by atoms with Gasteiger partial charge in [-0.3, -0.25) is 14.2 Å². The van der Waals surface area contributed by atoms with Crippen LogP contribution in [0.5, 0.6) is 5.75 Å². The molecule has 2 aliphatic rings. The second kappa shape index (κ2) is 13.2. The topological polar surface area (TPSA) is 121 Å². The number of rotatable bonds is 8. The molecule has 1 fully saturated rings. The van der Waals surface area contributed by atoms with E-state index in [-0.39, 0.29) is 22.7 Å². The number of benzene rings is 2. The first-order valence-electron chi connectivity index (χ1n) is 13.8. The van der Waals surface area contributed by atoms with E-state index in [1.54, 1.807) is 19.9 Å². The number of carbonyl (C=O) groups is 1. The van der Waals surface area contributed by atoms with Crippen molar-refractivity contribution < 1.29 is 18.3 Å². The lowest BCUT2D eigenvalue weighted by atomic mass is 10.2. The number of nitrogens with one attached hydrogen (secondary N) is 3. The minimum absolute atomic E-state index is 0.0484. The van der Waals surface area contributed by atoms with Gasteiger partial charge in [0.1, 0.15) is 11.4 Å². The zero-order valence-corrected chi connectivity index (χ0v) is 24.8. The standard InChI is InChI=1S/C31H30F2N6O4S/c1-19(2)38-18-24(30(41)39(31(38)42)22-6-3-20(32)4-7-22)29(40)36-21-5-8-27(25(33)15-21)43-28-16-23(17-35-26(28)9-10-34)37-11-13-44-14-12-37/h3-10,15-19,34-35H,11-14H2,1-2H3,(H,36,40)/b26-9-,34-10?. The smallest absolute Gasteiger partial charge is 0.335 e. The van der Waals surface area contributed by atoms with Crippen LogP contribution < -0.4 is 26.6 Å². The molecule has 3 aromatic rings. The van der Waals surface area contributed by atoms with Crippen molar-refractivity contribution >= 4 is 29.6 Å². The fourth-order valence-electron chi connectivity index (χ4n) is 4.67. The first kappa shape index (κ1) is 30.5. The van der Waals surface area contributed by atoms with Crippen LogP contribution in [0.15, 0.2) is 93.8 Å². The van der Waals surface area contributed by atoms with Crippen LogP contribution in [-0.4, -0.2) is 50.8 Å². The van der Waals surface area contributed by atoms with Gasteiger partial charge in [0.05, 0.1) is 17.1 Å². The largest absolute Gasteiger partial charge is 0.452 e. The predicted molar refractivity (Wildman–Crippen MR) is 167 cm³/mol. The van der Waals surface area contributed by atoms with Gasteiger partial charge in [0.25, 0.3) is 11.5 Å². The van der Waals surface area contributed by atoms with Crippen LogP contribution in [0.2, 0.25) is 0 Å². The number of dihydropyridines is 1. The van der Waals surface area contributed by atoms with Crippen LogP contribution in [0.4, 0.5) is 14.5 Å². The molecule has 3 N–H and O–H groups in total. The molecule has 10 nitrogen and oxygen atoms in total. The van der Waals surface area contributed by atoms with E-state index in [0.29, 0.717) is 11.5 Å². The molecule has 1 amide bonds. The SMILES string of the molecule is CC(C)n1cc(C(=O)Nc2ccc(OC3=CC(N4CCSCC4)=CN/C3=C\C=N)c(F)c2)c(=O)n(-c2ccc(F)cc2)c1=O. The third-order valence-corrected chi connectivity index (χ3v) is 7.90. The Morgan fingerprint density at radius 3 is 2.50 bits per heavy atom. The monoisotopic (exact) mass is 620 g/mol. The molecule has 44 heavy (non-hydrogen) atoms. The highest BCUT2D eigenvalue weighted by molar-refractivity contribution is 7.99. The lowest BCUT2D eigenvalue weighted by Crippen LogP contribution is -2.42. The molecule has 0 atom stereocenters. The maximum atomic E-state index is 15.3. The van der Waals surface area contributed by atoms with E-state index in [4.69, 9.17) is 10.1 Å². The lowest BCUT2D eigenvalue weighted by molar-refractivity contribution is 0.102. The summed E-state index contributed by atoms with van der Waals surface area (Å²) in [6.45, 7) is 5.14. The van der Waals surface area contributed by atoms with E-state index < -0.39 is 34.8 Å². The number of amides is 1. The van der Waals surface area contributed by atoms with Crippen molar-refractivity contribution in [1.82, 2.24) is 19.4 Å². The quantitative estimate of drug-likeness (QED) is 0.319. The van der Waals surface area contributed by atoms with Gasteiger partial charge in [0.2, 0.25) is 0 Å². The molecule has 0 aliphatic carbocycles. The van der Waals surface area contributed by atoms with E-state index >= 15 is 4.39 Å². The van der Waals surface area contributed by atoms with Crippen molar-refractivity contribution in [2.45, 2.75) is 19.9 Å². The van der Waals surface area contributed by atoms with E-state index in [1.807, 2.05) is 18.0 Å². The Labute approximate surface area is 255 Å². The number of hydrogen-bond donors (Lipinski definition) is 3. The second-order valence-corrected chi connectivity index (χ2v) is 11.4. The van der Waals surface area contributed by atoms with Crippen molar-refractivity contribution in [3.05, 3.63) is 122 Å². The van der Waals surface area contributed by atoms with Gasteiger partial charge in [-0.1, -0.05) is 0 Å². The Balaban J connectivity index is 1.41. The Morgan fingerprint density at radius 1 is 1.11 bits per heavy atom. The summed E-state index contributed by atoms with van der Waals surface area (Å²) in [6.07, 6.45) is 7.35. The molecule has 0 unspecified atom stereocenters. The summed E-state index contributed by atoms with van der Waals surface area (Å²) >= 11 is 1.88. The summed E-state index contributed by atoms with van der Waals surface area (Å²) in [5, 5.41) is 13.1. The number of halogens is 2. The van der Waals surface area contributed by atoms with Gasteiger partial charge in [-0.15, -0.1) is 0 Å². The highest BCUT2D eigenvalue weighted by Crippen LogP contribution is 2.28. The van der Waals surface area contributed by atoms with Gasteiger partial charge in [0.15, 0.2) is 17.3 Å². The lowest BCUT2D eigenvalue weighted by Gasteiger charge is -2.31. The molecule has 2 aromatic carbocycles. The molecule has 13 heteroatoms. The van der Waals surface area contributed by atoms with Gasteiger partial charge in [-0.2, -0.15) is 11.8 Å². The molecule has 0 spiro atoms. The number of thioether (sulfide) groups is 1. The third-order valence-electron chi connectivity index (χ3n) is 6.96. The Hall–Kier alpha value is -4.91. The number of aromatic nitrogens is 2. The predicted octanol–water partition coefficient (Wildman–Crippen LogP) is 4.40. The number of carbonyl (C=O) groups excluding carboxylic acids is 1. The minimum atomic E-state index is -0.908. The second-order valence-electron chi connectivity index (χ2n) is 10.2. The fraction of sp³-hybridized carbons (Fsp3) is 0.226. The van der Waals surface area contributed by atoms with Gasteiger partial charge >= 0.3 is 5.69 Å². The average Bonchev–Trinajstić information content (AvgIpc) is 3.00. The maximum absolute atomic E-state index is 15.3. The number of ether oxygens (including phenoxy) is 1. The minimum Gasteiger partial charge on any atom is -0.452 e. The van der Waals surface area contributed by atoms with E-state index in [0.717, 1.165) is 65.5 Å². The molecular formula is C31H30F2N6O4S. The van der Waals surface area contributed by atoms with Crippen LogP contribution in [0.1, 0.15) is 30.2 Å². The van der Waals surface area contributed by atoms with E-state index in [2.05, 4.69) is 15.5 Å². The number of hydrogen-bond acceptors (Lipinski definition) is 8. The van der Waals surface area contributed by atoms with Crippen LogP contribution in [0.25, 0.3) is 5.69 Å². The molecular weight excluding hydrogens is 590 g/mol. The van der Waals surface area contributed by atoms with Crippen molar-refractivity contribution in [3.63, 3.8) is 0 Å². The normalized spacial score (nSPS) is 15.8. The maximum Gasteiger partial charge on any atom is 0.335 e. The molecule has 0 radical (unpaired) electrons. The number of allylic oxidation sites excluding steroid dienone is 2. The Morgan fingerprint density at radius 2 is 1.84 bits per heavy atom. The fourth-order valence-corrected chi connectivity index (χ4v) is 5.58. The van der Waals surface area contributed by atoms with E-state index in [1.165, 1.54) is 34.9 Å². The summed E-state index contributed by atoms with van der Waals surface area (Å²) in [7, 11) is 0. The van der Waals surface area contributed by atoms with Gasteiger partial charge < -0.3 is 25.7 Å². The third kappa shape index (κ3) is 6.52. The summed E-state index contributed by atoms with van der Waals surface area (Å²) < 4.78 is 36.7. The zero-order valence-electron chi connectivity index (χ0n) is 24.0. The van der Waals surface area contributed by atoms with E-state index in [9.17, 15) is 18.8 Å². The summed E-state index contributed by atoms with van der Waals surface area (Å²) in [5.41, 5.74) is -0.468. The summed E-state index contributed by atoms with van der Waals surface area (Å²) in [4.78, 5) is 41.8. The summed E-state index contributed by atoms with van der Waals surface area (Å²) in [5.74, 6) is -0.00917. The van der Waals surface area contributed by atoms with Crippen LogP contribution in [0, 0.1) is 17.0 Å². The van der Waals surface area contributed by atoms with Gasteiger partial charge in [-0.25, -0.2) is 18.1 Å². The molecule has 1 aromatic heterocycles. The van der Waals surface area contributed by atoms with Crippen molar-refractivity contribution in [3.8, 4) is 11.4 Å². The Kier molecular flexibility index (Phi) is 9.14. The first-order valence-corrected chi connectivity index (χ1v) is 15.0. The van der Waals surface area contributed by atoms with Crippen LogP contribution in [-0.2, 0) is 0 Å². The number of nitrogens with zero attached hydrogens (tertiary/aromatic N) is 3. The van der Waals surface area contributed by atoms with Gasteiger partial charge in [0, 0.05) is 67.1 Å². The molecule has 3 heterocycles. The van der Waals surface area contributed by atoms with Crippen molar-refractivity contribution in [1.29, 1.82) is 5.41 Å². The highest BCUT2D eigenvalue weighted by atomic mass is 32.2. The van der Waals surface area contributed by atoms with Crippen molar-refractivity contribution in [2.75, 3.05) is 29.9 Å².